The van der Waals surface area contributed by atoms with Crippen LogP contribution in [0.2, 0.25) is 0 Å². The van der Waals surface area contributed by atoms with Crippen LogP contribution in [-0.4, -0.2) is 17.5 Å². The largest absolute Gasteiger partial charge is 0.493 e. The number of hydrazine groups is 1. The first-order chi connectivity index (χ1) is 14.5. The number of carbonyl (C=O) groups is 1. The summed E-state index contributed by atoms with van der Waals surface area (Å²) in [6.07, 6.45) is 2.43. The van der Waals surface area contributed by atoms with Gasteiger partial charge in [0.15, 0.2) is 5.82 Å². The van der Waals surface area contributed by atoms with E-state index in [9.17, 15) is 9.18 Å². The van der Waals surface area contributed by atoms with Gasteiger partial charge in [-0.3, -0.25) is 4.79 Å². The van der Waals surface area contributed by atoms with Crippen LogP contribution in [0.15, 0.2) is 54.6 Å². The molecule has 2 aromatic carbocycles. The summed E-state index contributed by atoms with van der Waals surface area (Å²) in [6.45, 7) is 0.713. The quantitative estimate of drug-likeness (QED) is 0.350. The third-order valence-corrected chi connectivity index (χ3v) is 4.86. The van der Waals surface area contributed by atoms with Gasteiger partial charge in [-0.05, 0) is 73.4 Å². The Kier molecular flexibility index (Phi) is 5.49. The zero-order valence-electron chi connectivity index (χ0n) is 16.2. The number of carbonyl (C=O) groups excluding carboxylic acids is 1. The van der Waals surface area contributed by atoms with Crippen LogP contribution in [0.4, 0.5) is 21.6 Å². The summed E-state index contributed by atoms with van der Waals surface area (Å²) in [5, 5.41) is 2.71. The molecule has 30 heavy (non-hydrogen) atoms. The van der Waals surface area contributed by atoms with Gasteiger partial charge < -0.3 is 21.2 Å². The van der Waals surface area contributed by atoms with Crippen molar-refractivity contribution in [2.75, 3.05) is 23.1 Å². The molecule has 1 heterocycles. The molecule has 6 N–H and O–H groups in total. The summed E-state index contributed by atoms with van der Waals surface area (Å²) in [5.74, 6) is 5.91. The van der Waals surface area contributed by atoms with Gasteiger partial charge >= 0.3 is 0 Å². The molecule has 154 valence electrons. The molecule has 1 aliphatic carbocycles. The Morgan fingerprint density at radius 1 is 1.13 bits per heavy atom. The first-order valence-electron chi connectivity index (χ1n) is 9.61. The number of hydrogen-bond acceptors (Lipinski definition) is 6. The fourth-order valence-electron chi connectivity index (χ4n) is 2.94. The Labute approximate surface area is 173 Å². The lowest BCUT2D eigenvalue weighted by molar-refractivity contribution is 0.102. The van der Waals surface area contributed by atoms with Crippen molar-refractivity contribution in [3.63, 3.8) is 0 Å². The third-order valence-electron chi connectivity index (χ3n) is 4.86. The van der Waals surface area contributed by atoms with E-state index in [0.29, 0.717) is 41.0 Å². The Balaban J connectivity index is 1.50. The Morgan fingerprint density at radius 2 is 1.90 bits per heavy atom. The zero-order chi connectivity index (χ0) is 21.1. The number of amides is 1. The molecule has 0 radical (unpaired) electrons. The number of nitrogens with two attached hydrogens (primary N) is 2. The van der Waals surface area contributed by atoms with Gasteiger partial charge in [0.25, 0.3) is 5.91 Å². The highest BCUT2D eigenvalue weighted by atomic mass is 19.1. The predicted molar refractivity (Wildman–Crippen MR) is 114 cm³/mol. The van der Waals surface area contributed by atoms with Crippen LogP contribution in [0.5, 0.6) is 5.75 Å². The summed E-state index contributed by atoms with van der Waals surface area (Å²) < 4.78 is 20.0. The van der Waals surface area contributed by atoms with E-state index in [1.165, 1.54) is 31.0 Å². The van der Waals surface area contributed by atoms with Gasteiger partial charge in [-0.25, -0.2) is 15.2 Å². The monoisotopic (exact) mass is 407 g/mol. The minimum atomic E-state index is -0.631. The summed E-state index contributed by atoms with van der Waals surface area (Å²) in [4.78, 5) is 16.9. The van der Waals surface area contributed by atoms with Crippen LogP contribution >= 0.6 is 0 Å². The molecule has 1 amide bonds. The topological polar surface area (TPSA) is 115 Å². The molecule has 1 aromatic heterocycles. The van der Waals surface area contributed by atoms with Crippen molar-refractivity contribution in [2.24, 2.45) is 11.8 Å². The summed E-state index contributed by atoms with van der Waals surface area (Å²) in [5.41, 5.74) is 10.1. The predicted octanol–water partition coefficient (Wildman–Crippen LogP) is 3.80. The zero-order valence-corrected chi connectivity index (χ0v) is 16.2. The van der Waals surface area contributed by atoms with Crippen molar-refractivity contribution in [1.29, 1.82) is 0 Å². The molecule has 0 aliphatic heterocycles. The number of aromatic nitrogens is 1. The smallest absolute Gasteiger partial charge is 0.258 e. The van der Waals surface area contributed by atoms with E-state index in [2.05, 4.69) is 15.7 Å². The number of nitrogens with zero attached hydrogens (tertiary/aromatic N) is 1. The highest BCUT2D eigenvalue weighted by Crippen LogP contribution is 2.30. The number of hydrogen-bond donors (Lipinski definition) is 4. The van der Waals surface area contributed by atoms with E-state index in [4.69, 9.17) is 16.3 Å². The standard InChI is InChI=1S/C22H22FN5O2/c23-18-8-3-14(20-10-9-19(24)21(27-20)28-25)11-17(18)22(29)26-15-4-6-16(7-5-15)30-12-13-1-2-13/h3-11,13H,1-2,12,24-25H2,(H,26,29)(H,27,28). The maximum Gasteiger partial charge on any atom is 0.258 e. The number of nitrogen functional groups attached to an aromatic ring is 2. The average molecular weight is 407 g/mol. The molecule has 0 unspecified atom stereocenters. The highest BCUT2D eigenvalue weighted by Gasteiger charge is 2.22. The molecule has 0 atom stereocenters. The molecule has 4 rings (SSSR count). The third kappa shape index (κ3) is 4.49. The van der Waals surface area contributed by atoms with Gasteiger partial charge in [0.1, 0.15) is 11.6 Å². The van der Waals surface area contributed by atoms with Gasteiger partial charge in [-0.2, -0.15) is 0 Å². The van der Waals surface area contributed by atoms with E-state index in [1.54, 1.807) is 36.4 Å². The second-order valence-corrected chi connectivity index (χ2v) is 7.21. The molecule has 1 aliphatic rings. The van der Waals surface area contributed by atoms with Gasteiger partial charge in [0, 0.05) is 11.3 Å². The summed E-state index contributed by atoms with van der Waals surface area (Å²) in [7, 11) is 0. The van der Waals surface area contributed by atoms with Gasteiger partial charge in [0.05, 0.1) is 23.6 Å². The first kappa shape index (κ1) is 19.7. The van der Waals surface area contributed by atoms with Crippen molar-refractivity contribution in [2.45, 2.75) is 12.8 Å². The lowest BCUT2D eigenvalue weighted by Crippen LogP contribution is -2.14. The molecule has 8 heteroatoms. The number of anilines is 3. The Hall–Kier alpha value is -3.65. The van der Waals surface area contributed by atoms with E-state index in [1.807, 2.05) is 0 Å². The van der Waals surface area contributed by atoms with Crippen LogP contribution in [-0.2, 0) is 0 Å². The van der Waals surface area contributed by atoms with E-state index >= 15 is 0 Å². The number of rotatable bonds is 7. The fraction of sp³-hybridized carbons (Fsp3) is 0.182. The van der Waals surface area contributed by atoms with Gasteiger partial charge in [-0.15, -0.1) is 0 Å². The SMILES string of the molecule is NNc1nc(-c2ccc(F)c(C(=O)Nc3ccc(OCC4CC4)cc3)c2)ccc1N. The number of pyridine rings is 1. The van der Waals surface area contributed by atoms with Gasteiger partial charge in [0.2, 0.25) is 0 Å². The van der Waals surface area contributed by atoms with Crippen molar-refractivity contribution in [1.82, 2.24) is 4.98 Å². The van der Waals surface area contributed by atoms with Crippen LogP contribution < -0.4 is 27.1 Å². The molecule has 0 bridgehead atoms. The van der Waals surface area contributed by atoms with E-state index in [0.717, 1.165) is 5.75 Å². The molecule has 1 saturated carbocycles. The number of benzene rings is 2. The highest BCUT2D eigenvalue weighted by molar-refractivity contribution is 6.05. The number of nitrogens with one attached hydrogen (secondary N) is 2. The summed E-state index contributed by atoms with van der Waals surface area (Å²) in [6, 6.07) is 14.5. The first-order valence-corrected chi connectivity index (χ1v) is 9.61. The van der Waals surface area contributed by atoms with Crippen molar-refractivity contribution in [3.8, 4) is 17.0 Å². The van der Waals surface area contributed by atoms with E-state index < -0.39 is 11.7 Å². The molecule has 3 aromatic rings. The molecule has 1 fully saturated rings. The average Bonchev–Trinajstić information content (AvgIpc) is 3.58. The second kappa shape index (κ2) is 8.38. The molecule has 0 saturated heterocycles. The van der Waals surface area contributed by atoms with Gasteiger partial charge in [-0.1, -0.05) is 0 Å². The molecule has 0 spiro atoms. The molecule has 7 nitrogen and oxygen atoms in total. The minimum absolute atomic E-state index is 0.0950. The van der Waals surface area contributed by atoms with Crippen LogP contribution in [0, 0.1) is 11.7 Å². The van der Waals surface area contributed by atoms with Crippen molar-refractivity contribution >= 4 is 23.1 Å². The number of ether oxygens (including phenoxy) is 1. The minimum Gasteiger partial charge on any atom is -0.493 e. The maximum atomic E-state index is 14.3. The molecular formula is C22H22FN5O2. The van der Waals surface area contributed by atoms with Crippen LogP contribution in [0.3, 0.4) is 0 Å². The molecular weight excluding hydrogens is 385 g/mol. The Morgan fingerprint density at radius 3 is 2.60 bits per heavy atom. The lowest BCUT2D eigenvalue weighted by Gasteiger charge is -2.11. The second-order valence-electron chi connectivity index (χ2n) is 7.21. The van der Waals surface area contributed by atoms with Crippen LogP contribution in [0.25, 0.3) is 11.3 Å². The maximum absolute atomic E-state index is 14.3. The fourth-order valence-corrected chi connectivity index (χ4v) is 2.94. The van der Waals surface area contributed by atoms with Crippen molar-refractivity contribution < 1.29 is 13.9 Å². The Bertz CT molecular complexity index is 1070. The summed E-state index contributed by atoms with van der Waals surface area (Å²) >= 11 is 0. The van der Waals surface area contributed by atoms with E-state index in [-0.39, 0.29) is 5.56 Å². The van der Waals surface area contributed by atoms with Crippen LogP contribution in [0.1, 0.15) is 23.2 Å². The van der Waals surface area contributed by atoms with Crippen molar-refractivity contribution in [3.05, 3.63) is 66.0 Å². The number of halogens is 1. The lowest BCUT2D eigenvalue weighted by atomic mass is 10.1. The normalized spacial score (nSPS) is 13.0.